The number of para-hydroxylation sites is 1. The molecule has 0 amide bonds. The Labute approximate surface area is 218 Å². The molecular weight excluding hydrogens is 465 g/mol. The monoisotopic (exact) mass is 501 g/mol. The Morgan fingerprint density at radius 2 is 2.00 bits per heavy atom. The average Bonchev–Trinajstić information content (AvgIpc) is 3.46. The summed E-state index contributed by atoms with van der Waals surface area (Å²) in [5.74, 6) is 6.50. The molecule has 0 spiro atoms. The summed E-state index contributed by atoms with van der Waals surface area (Å²) in [4.78, 5) is 2.25. The van der Waals surface area contributed by atoms with Crippen molar-refractivity contribution in [1.29, 1.82) is 0 Å². The van der Waals surface area contributed by atoms with E-state index < -0.39 is 0 Å². The van der Waals surface area contributed by atoms with Crippen LogP contribution in [0.2, 0.25) is 0 Å². The lowest BCUT2D eigenvalue weighted by Gasteiger charge is -2.33. The number of hydrogen-bond donors (Lipinski definition) is 6. The van der Waals surface area contributed by atoms with E-state index in [-0.39, 0.29) is 17.9 Å². The van der Waals surface area contributed by atoms with Gasteiger partial charge in [0.25, 0.3) is 0 Å². The SMILES string of the molecule is C=C1Nc2cccc(C(NC(=C)C3CCCN3C(=C)C/C(=C/N)NN)c3ccc(C4CC4)c(F)c3)c2N1. The van der Waals surface area contributed by atoms with Gasteiger partial charge in [0.2, 0.25) is 0 Å². The topological polar surface area (TPSA) is 103 Å². The molecule has 2 fully saturated rings. The zero-order valence-electron chi connectivity index (χ0n) is 21.1. The zero-order chi connectivity index (χ0) is 26.1. The van der Waals surface area contributed by atoms with Gasteiger partial charge in [-0.15, -0.1) is 0 Å². The largest absolute Gasteiger partial charge is 0.403 e. The van der Waals surface area contributed by atoms with Crippen LogP contribution >= 0.6 is 0 Å². The number of likely N-dealkylation sites (tertiary alicyclic amines) is 1. The summed E-state index contributed by atoms with van der Waals surface area (Å²) >= 11 is 0. The molecule has 5 rings (SSSR count). The lowest BCUT2D eigenvalue weighted by Crippen LogP contribution is -2.37. The number of rotatable bonds is 10. The third kappa shape index (κ3) is 5.02. The van der Waals surface area contributed by atoms with Gasteiger partial charge in [-0.3, -0.25) is 5.84 Å². The van der Waals surface area contributed by atoms with Crippen LogP contribution in [0.5, 0.6) is 0 Å². The number of nitrogens with one attached hydrogen (secondary N) is 4. The van der Waals surface area contributed by atoms with Crippen LogP contribution in [-0.2, 0) is 0 Å². The summed E-state index contributed by atoms with van der Waals surface area (Å²) in [5.41, 5.74) is 15.3. The number of hydrogen-bond acceptors (Lipinski definition) is 7. The molecule has 2 unspecified atom stereocenters. The Morgan fingerprint density at radius 3 is 2.70 bits per heavy atom. The van der Waals surface area contributed by atoms with Crippen molar-refractivity contribution in [3.8, 4) is 0 Å². The average molecular weight is 502 g/mol. The fraction of sp³-hybridized carbons (Fsp3) is 0.310. The van der Waals surface area contributed by atoms with E-state index in [2.05, 4.69) is 52.1 Å². The van der Waals surface area contributed by atoms with Gasteiger partial charge in [0.1, 0.15) is 11.6 Å². The van der Waals surface area contributed by atoms with Crippen molar-refractivity contribution in [1.82, 2.24) is 15.6 Å². The second kappa shape index (κ2) is 10.2. The molecule has 8 heteroatoms. The van der Waals surface area contributed by atoms with Gasteiger partial charge in [-0.25, -0.2) is 4.39 Å². The first-order valence-electron chi connectivity index (χ1n) is 12.8. The number of hydrazine groups is 1. The molecule has 1 saturated carbocycles. The van der Waals surface area contributed by atoms with Crippen molar-refractivity contribution in [2.24, 2.45) is 11.6 Å². The van der Waals surface area contributed by atoms with E-state index in [0.717, 1.165) is 71.7 Å². The minimum atomic E-state index is -0.314. The highest BCUT2D eigenvalue weighted by Crippen LogP contribution is 2.43. The van der Waals surface area contributed by atoms with Gasteiger partial charge in [0, 0.05) is 41.8 Å². The molecule has 37 heavy (non-hydrogen) atoms. The normalized spacial score (nSPS) is 19.6. The summed E-state index contributed by atoms with van der Waals surface area (Å²) in [6, 6.07) is 11.4. The molecular formula is C29H36FN7. The van der Waals surface area contributed by atoms with E-state index in [0.29, 0.717) is 23.9 Å². The van der Waals surface area contributed by atoms with Crippen molar-refractivity contribution >= 4 is 11.4 Å². The van der Waals surface area contributed by atoms with E-state index in [1.807, 2.05) is 24.3 Å². The summed E-state index contributed by atoms with van der Waals surface area (Å²) in [5, 5.41) is 10.3. The maximum absolute atomic E-state index is 15.2. The van der Waals surface area contributed by atoms with Crippen molar-refractivity contribution in [2.45, 2.75) is 50.1 Å². The highest BCUT2D eigenvalue weighted by molar-refractivity contribution is 5.82. The van der Waals surface area contributed by atoms with Gasteiger partial charge in [-0.2, -0.15) is 0 Å². The molecule has 0 aromatic heterocycles. The third-order valence-corrected chi connectivity index (χ3v) is 7.52. The van der Waals surface area contributed by atoms with Crippen LogP contribution in [0.15, 0.2) is 85.2 Å². The van der Waals surface area contributed by atoms with Gasteiger partial charge in [0.15, 0.2) is 0 Å². The molecule has 1 saturated heterocycles. The van der Waals surface area contributed by atoms with Crippen molar-refractivity contribution in [3.05, 3.63) is 108 Å². The van der Waals surface area contributed by atoms with E-state index in [1.165, 1.54) is 6.20 Å². The molecule has 8 N–H and O–H groups in total. The molecule has 194 valence electrons. The van der Waals surface area contributed by atoms with Crippen LogP contribution in [0.1, 0.15) is 60.8 Å². The molecule has 2 aliphatic heterocycles. The smallest absolute Gasteiger partial charge is 0.127 e. The number of nitrogens with zero attached hydrogens (tertiary/aromatic N) is 1. The van der Waals surface area contributed by atoms with Crippen LogP contribution in [0.25, 0.3) is 0 Å². The molecule has 2 aromatic carbocycles. The Hall–Kier alpha value is -3.91. The number of fused-ring (bicyclic) bond motifs is 1. The molecule has 2 aromatic rings. The van der Waals surface area contributed by atoms with Crippen molar-refractivity contribution in [3.63, 3.8) is 0 Å². The predicted octanol–water partition coefficient (Wildman–Crippen LogP) is 4.84. The quantitative estimate of drug-likeness (QED) is 0.205. The van der Waals surface area contributed by atoms with Crippen LogP contribution in [0.4, 0.5) is 15.8 Å². The summed E-state index contributed by atoms with van der Waals surface area (Å²) in [6.07, 6.45) is 6.06. The first-order valence-corrected chi connectivity index (χ1v) is 12.8. The lowest BCUT2D eigenvalue weighted by molar-refractivity contribution is 0.333. The highest BCUT2D eigenvalue weighted by Gasteiger charge is 2.32. The zero-order valence-corrected chi connectivity index (χ0v) is 21.1. The molecule has 0 radical (unpaired) electrons. The number of nitrogens with two attached hydrogens (primary N) is 2. The third-order valence-electron chi connectivity index (χ3n) is 7.52. The second-order valence-corrected chi connectivity index (χ2v) is 10.1. The molecule has 1 aliphatic carbocycles. The van der Waals surface area contributed by atoms with Crippen LogP contribution < -0.4 is 33.0 Å². The van der Waals surface area contributed by atoms with E-state index >= 15 is 4.39 Å². The standard InChI is InChI=1S/C29H36FN7/c1-17(14-22(16-31)36-32)37-13-5-8-27(37)18(2)33-28(21-11-12-23(20-9-10-20)25(30)15-21)24-6-4-7-26-29(24)35-19(3)34-26/h4,6-7,11-12,15-16,20,27-28,33-36H,1-3,5,8-10,13-14,31-32H2/b22-16-. The second-order valence-electron chi connectivity index (χ2n) is 10.1. The van der Waals surface area contributed by atoms with E-state index in [9.17, 15) is 0 Å². The first kappa shape index (κ1) is 24.8. The Kier molecular flexibility index (Phi) is 6.84. The molecule has 0 bridgehead atoms. The van der Waals surface area contributed by atoms with Gasteiger partial charge >= 0.3 is 0 Å². The van der Waals surface area contributed by atoms with Crippen LogP contribution in [-0.4, -0.2) is 17.5 Å². The molecule has 2 atom stereocenters. The molecule has 3 aliphatic rings. The maximum atomic E-state index is 15.2. The minimum Gasteiger partial charge on any atom is -0.403 e. The number of anilines is 2. The number of halogens is 1. The van der Waals surface area contributed by atoms with Gasteiger partial charge < -0.3 is 32.0 Å². The lowest BCUT2D eigenvalue weighted by atomic mass is 9.94. The Balaban J connectivity index is 1.45. The van der Waals surface area contributed by atoms with E-state index in [4.69, 9.17) is 11.6 Å². The molecule has 2 heterocycles. The summed E-state index contributed by atoms with van der Waals surface area (Å²) in [6.45, 7) is 13.6. The van der Waals surface area contributed by atoms with Crippen LogP contribution in [0.3, 0.4) is 0 Å². The summed E-state index contributed by atoms with van der Waals surface area (Å²) in [7, 11) is 0. The van der Waals surface area contributed by atoms with Gasteiger partial charge in [-0.1, -0.05) is 44.0 Å². The number of benzene rings is 2. The predicted molar refractivity (Wildman–Crippen MR) is 148 cm³/mol. The van der Waals surface area contributed by atoms with Gasteiger partial charge in [-0.05, 0) is 54.9 Å². The fourth-order valence-electron chi connectivity index (χ4n) is 5.46. The van der Waals surface area contributed by atoms with Gasteiger partial charge in [0.05, 0.1) is 23.5 Å². The maximum Gasteiger partial charge on any atom is 0.127 e. The van der Waals surface area contributed by atoms with Crippen LogP contribution in [0, 0.1) is 5.82 Å². The summed E-state index contributed by atoms with van der Waals surface area (Å²) < 4.78 is 15.2. The van der Waals surface area contributed by atoms with E-state index in [1.54, 1.807) is 6.07 Å². The molecule has 7 nitrogen and oxygen atoms in total. The Bertz CT molecular complexity index is 1260. The minimum absolute atomic E-state index is 0.0418. The highest BCUT2D eigenvalue weighted by atomic mass is 19.1. The fourth-order valence-corrected chi connectivity index (χ4v) is 5.46. The van der Waals surface area contributed by atoms with Crippen molar-refractivity contribution < 1.29 is 4.39 Å². The first-order chi connectivity index (χ1) is 17.9. The Morgan fingerprint density at radius 1 is 1.19 bits per heavy atom. The van der Waals surface area contributed by atoms with Crippen molar-refractivity contribution in [2.75, 3.05) is 17.2 Å².